The number of nitrogens with zero attached hydrogens (tertiary/aromatic N) is 1. The summed E-state index contributed by atoms with van der Waals surface area (Å²) in [6.45, 7) is 1.75. The average Bonchev–Trinajstić information content (AvgIpc) is 3.23. The topological polar surface area (TPSA) is 122 Å². The minimum atomic E-state index is -0.588. The van der Waals surface area contributed by atoms with Crippen LogP contribution < -0.4 is 21.0 Å². The molecule has 0 unspecified atom stereocenters. The molecule has 1 aliphatic rings. The summed E-state index contributed by atoms with van der Waals surface area (Å²) in [6.07, 6.45) is 2.02. The third-order valence-corrected chi connectivity index (χ3v) is 6.28. The molecule has 0 aliphatic heterocycles. The summed E-state index contributed by atoms with van der Waals surface area (Å²) in [5.41, 5.74) is 10.1. The molecule has 1 heterocycles. The summed E-state index contributed by atoms with van der Waals surface area (Å²) in [7, 11) is 1.53. The van der Waals surface area contributed by atoms with Crippen molar-refractivity contribution in [1.82, 2.24) is 16.3 Å². The van der Waals surface area contributed by atoms with Gasteiger partial charge in [0.15, 0.2) is 5.76 Å². The van der Waals surface area contributed by atoms with Gasteiger partial charge >= 0.3 is 5.91 Å². The standard InChI is InChI=1S/C25H23BrN4O5/c1-14-21-19(27-29-24(32)17-6-3-4-7-18(17)26)8-5-9-20(21)35-22(14)25(33)30-28-23(31)15-10-12-16(34-2)13-11-15/h3-4,6-7,10-13H,5,8-9H2,1-2H3,(H,28,31)(H,29,32)(H,30,33)/b27-19+. The van der Waals surface area contributed by atoms with E-state index in [0.29, 0.717) is 56.8 Å². The minimum Gasteiger partial charge on any atom is -0.497 e. The predicted molar refractivity (Wildman–Crippen MR) is 132 cm³/mol. The van der Waals surface area contributed by atoms with E-state index in [1.165, 1.54) is 7.11 Å². The van der Waals surface area contributed by atoms with Gasteiger partial charge in [-0.25, -0.2) is 5.43 Å². The Morgan fingerprint density at radius 2 is 1.69 bits per heavy atom. The molecule has 1 aliphatic carbocycles. The summed E-state index contributed by atoms with van der Waals surface area (Å²) in [4.78, 5) is 37.6. The minimum absolute atomic E-state index is 0.0803. The highest BCUT2D eigenvalue weighted by molar-refractivity contribution is 9.10. The highest BCUT2D eigenvalue weighted by Gasteiger charge is 2.28. The number of hydrogen-bond donors (Lipinski definition) is 3. The zero-order valence-corrected chi connectivity index (χ0v) is 20.7. The number of carbonyl (C=O) groups is 3. The van der Waals surface area contributed by atoms with Gasteiger partial charge in [0.1, 0.15) is 11.5 Å². The number of hydrogen-bond acceptors (Lipinski definition) is 6. The molecule has 1 aromatic heterocycles. The first-order valence-electron chi connectivity index (χ1n) is 10.9. The second-order valence-corrected chi connectivity index (χ2v) is 8.68. The van der Waals surface area contributed by atoms with E-state index in [0.717, 1.165) is 6.42 Å². The fraction of sp³-hybridized carbons (Fsp3) is 0.200. The van der Waals surface area contributed by atoms with E-state index in [2.05, 4.69) is 37.3 Å². The van der Waals surface area contributed by atoms with Gasteiger partial charge in [-0.3, -0.25) is 25.2 Å². The number of carbonyl (C=O) groups excluding carboxylic acids is 3. The number of amides is 3. The second-order valence-electron chi connectivity index (χ2n) is 7.82. The van der Waals surface area contributed by atoms with E-state index < -0.39 is 11.8 Å². The van der Waals surface area contributed by atoms with Gasteiger partial charge in [-0.15, -0.1) is 0 Å². The zero-order valence-electron chi connectivity index (χ0n) is 19.1. The number of furan rings is 1. The largest absolute Gasteiger partial charge is 0.497 e. The molecule has 3 aromatic rings. The van der Waals surface area contributed by atoms with Gasteiger partial charge in [-0.2, -0.15) is 5.10 Å². The van der Waals surface area contributed by atoms with Crippen molar-refractivity contribution in [3.8, 4) is 5.75 Å². The molecule has 0 atom stereocenters. The maximum absolute atomic E-state index is 12.8. The molecule has 180 valence electrons. The number of aryl methyl sites for hydroxylation is 1. The number of ether oxygens (including phenoxy) is 1. The molecule has 0 fully saturated rings. The van der Waals surface area contributed by atoms with Crippen molar-refractivity contribution in [2.75, 3.05) is 7.11 Å². The number of rotatable bonds is 5. The maximum Gasteiger partial charge on any atom is 0.305 e. The van der Waals surface area contributed by atoms with E-state index >= 15 is 0 Å². The lowest BCUT2D eigenvalue weighted by Gasteiger charge is -2.13. The molecule has 3 amide bonds. The smallest absolute Gasteiger partial charge is 0.305 e. The van der Waals surface area contributed by atoms with E-state index in [1.54, 1.807) is 49.4 Å². The van der Waals surface area contributed by atoms with Crippen molar-refractivity contribution in [3.05, 3.63) is 86.8 Å². The van der Waals surface area contributed by atoms with Gasteiger partial charge in [0.05, 0.1) is 18.4 Å². The molecule has 0 radical (unpaired) electrons. The monoisotopic (exact) mass is 538 g/mol. The molecule has 0 saturated carbocycles. The Bertz CT molecular complexity index is 1310. The fourth-order valence-electron chi connectivity index (χ4n) is 3.81. The summed E-state index contributed by atoms with van der Waals surface area (Å²) >= 11 is 3.36. The zero-order chi connectivity index (χ0) is 24.9. The van der Waals surface area contributed by atoms with E-state index in [1.807, 2.05) is 6.07 Å². The molecule has 0 spiro atoms. The van der Waals surface area contributed by atoms with Crippen LogP contribution in [0.1, 0.15) is 61.0 Å². The van der Waals surface area contributed by atoms with Crippen molar-refractivity contribution in [1.29, 1.82) is 0 Å². The molecule has 0 bridgehead atoms. The third-order valence-electron chi connectivity index (χ3n) is 5.58. The van der Waals surface area contributed by atoms with Crippen molar-refractivity contribution in [2.24, 2.45) is 5.10 Å². The molecule has 2 aromatic carbocycles. The van der Waals surface area contributed by atoms with Crippen LogP contribution in [0.5, 0.6) is 5.75 Å². The highest BCUT2D eigenvalue weighted by atomic mass is 79.9. The second kappa shape index (κ2) is 10.6. The van der Waals surface area contributed by atoms with Crippen molar-refractivity contribution >= 4 is 39.4 Å². The van der Waals surface area contributed by atoms with Crippen LogP contribution >= 0.6 is 15.9 Å². The average molecular weight is 539 g/mol. The van der Waals surface area contributed by atoms with Gasteiger partial charge in [0.2, 0.25) is 0 Å². The highest BCUT2D eigenvalue weighted by Crippen LogP contribution is 2.30. The van der Waals surface area contributed by atoms with E-state index in [-0.39, 0.29) is 11.7 Å². The number of benzene rings is 2. The molecule has 10 heteroatoms. The number of halogens is 1. The molecule has 4 rings (SSSR count). The maximum atomic E-state index is 12.8. The molecule has 3 N–H and O–H groups in total. The normalized spacial score (nSPS) is 13.6. The van der Waals surface area contributed by atoms with Gasteiger partial charge in [0.25, 0.3) is 11.8 Å². The Kier molecular flexibility index (Phi) is 7.31. The Morgan fingerprint density at radius 1 is 0.971 bits per heavy atom. The van der Waals surface area contributed by atoms with Crippen LogP contribution in [0, 0.1) is 6.92 Å². The van der Waals surface area contributed by atoms with Gasteiger partial charge in [-0.1, -0.05) is 12.1 Å². The lowest BCUT2D eigenvalue weighted by atomic mass is 9.93. The molecule has 0 saturated heterocycles. The number of nitrogens with one attached hydrogen (secondary N) is 3. The number of methoxy groups -OCH3 is 1. The summed E-state index contributed by atoms with van der Waals surface area (Å²) in [5.74, 6) is -0.0988. The van der Waals surface area contributed by atoms with Crippen molar-refractivity contribution in [3.63, 3.8) is 0 Å². The van der Waals surface area contributed by atoms with Crippen LogP contribution in [0.15, 0.2) is 62.5 Å². The van der Waals surface area contributed by atoms with Crippen LogP contribution in [-0.2, 0) is 6.42 Å². The summed E-state index contributed by atoms with van der Waals surface area (Å²) in [6, 6.07) is 13.5. The van der Waals surface area contributed by atoms with Crippen LogP contribution in [0.25, 0.3) is 0 Å². The number of hydrazone groups is 1. The van der Waals surface area contributed by atoms with Crippen LogP contribution in [0.2, 0.25) is 0 Å². The number of fused-ring (bicyclic) bond motifs is 1. The molecular formula is C25H23BrN4O5. The number of hydrazine groups is 1. The predicted octanol–water partition coefficient (Wildman–Crippen LogP) is 3.90. The fourth-order valence-corrected chi connectivity index (χ4v) is 4.27. The van der Waals surface area contributed by atoms with E-state index in [4.69, 9.17) is 9.15 Å². The summed E-state index contributed by atoms with van der Waals surface area (Å²) in [5, 5.41) is 4.33. The lowest BCUT2D eigenvalue weighted by Crippen LogP contribution is -2.41. The Hall–Kier alpha value is -3.92. The van der Waals surface area contributed by atoms with Crippen LogP contribution in [0.3, 0.4) is 0 Å². The Balaban J connectivity index is 1.47. The molecule has 9 nitrogen and oxygen atoms in total. The van der Waals surface area contributed by atoms with Crippen molar-refractivity contribution < 1.29 is 23.5 Å². The van der Waals surface area contributed by atoms with Crippen molar-refractivity contribution in [2.45, 2.75) is 26.2 Å². The van der Waals surface area contributed by atoms with E-state index in [9.17, 15) is 14.4 Å². The van der Waals surface area contributed by atoms with Crippen LogP contribution in [0.4, 0.5) is 0 Å². The summed E-state index contributed by atoms with van der Waals surface area (Å²) < 4.78 is 11.6. The molecular weight excluding hydrogens is 516 g/mol. The SMILES string of the molecule is COc1ccc(C(=O)NNC(=O)c2oc3c(c2C)/C(=N/NC(=O)c2ccccc2Br)CCC3)cc1. The first-order chi connectivity index (χ1) is 16.9. The first-order valence-corrected chi connectivity index (χ1v) is 11.7. The Morgan fingerprint density at radius 3 is 2.40 bits per heavy atom. The molecule has 35 heavy (non-hydrogen) atoms. The first kappa shape index (κ1) is 24.2. The van der Waals surface area contributed by atoms with Gasteiger partial charge in [-0.05, 0) is 72.1 Å². The quantitative estimate of drug-likeness (QED) is 0.425. The lowest BCUT2D eigenvalue weighted by molar-refractivity contribution is 0.0829. The van der Waals surface area contributed by atoms with Gasteiger partial charge < -0.3 is 9.15 Å². The third kappa shape index (κ3) is 5.27. The van der Waals surface area contributed by atoms with Gasteiger partial charge in [0, 0.05) is 27.6 Å². The van der Waals surface area contributed by atoms with Crippen LogP contribution in [-0.4, -0.2) is 30.5 Å². The Labute approximate surface area is 210 Å².